The Morgan fingerprint density at radius 3 is 2.87 bits per heavy atom. The van der Waals surface area contributed by atoms with Crippen LogP contribution in [0.25, 0.3) is 11.0 Å². The molecule has 1 heterocycles. The number of hydrogen-bond donors (Lipinski definition) is 1. The van der Waals surface area contributed by atoms with Gasteiger partial charge in [-0.1, -0.05) is 17.7 Å². The molecule has 1 aromatic carbocycles. The van der Waals surface area contributed by atoms with Gasteiger partial charge in [0.05, 0.1) is 16.1 Å². The number of nitrogens with two attached hydrogens (primary N) is 1. The molecule has 80 valence electrons. The summed E-state index contributed by atoms with van der Waals surface area (Å²) in [5.74, 6) is 0. The molecule has 2 aromatic rings. The fraction of sp³-hybridized carbons (Fsp3) is 0.300. The first-order valence-electron chi connectivity index (χ1n) is 4.70. The maximum Gasteiger partial charge on any atom is 0.328 e. The molecule has 2 N–H and O–H groups in total. The van der Waals surface area contributed by atoms with Gasteiger partial charge in [0, 0.05) is 20.1 Å². The van der Waals surface area contributed by atoms with E-state index >= 15 is 0 Å². The van der Waals surface area contributed by atoms with Crippen molar-refractivity contribution in [2.75, 3.05) is 6.54 Å². The Bertz CT molecular complexity index is 556. The van der Waals surface area contributed by atoms with Gasteiger partial charge in [0.15, 0.2) is 0 Å². The lowest BCUT2D eigenvalue weighted by molar-refractivity contribution is 0.675. The molecule has 4 nitrogen and oxygen atoms in total. The fourth-order valence-electron chi connectivity index (χ4n) is 1.76. The molecule has 0 aliphatic heterocycles. The lowest BCUT2D eigenvalue weighted by atomic mass is 10.3. The van der Waals surface area contributed by atoms with Crippen molar-refractivity contribution in [2.24, 2.45) is 12.8 Å². The monoisotopic (exact) mass is 225 g/mol. The van der Waals surface area contributed by atoms with E-state index in [4.69, 9.17) is 17.3 Å². The number of para-hydroxylation sites is 1. The summed E-state index contributed by atoms with van der Waals surface area (Å²) in [4.78, 5) is 11.8. The number of aromatic nitrogens is 2. The predicted molar refractivity (Wildman–Crippen MR) is 61.2 cm³/mol. The van der Waals surface area contributed by atoms with Crippen molar-refractivity contribution in [3.63, 3.8) is 0 Å². The van der Waals surface area contributed by atoms with Crippen LogP contribution >= 0.6 is 11.6 Å². The second-order valence-electron chi connectivity index (χ2n) is 3.39. The summed E-state index contributed by atoms with van der Waals surface area (Å²) in [7, 11) is 1.73. The van der Waals surface area contributed by atoms with Gasteiger partial charge >= 0.3 is 5.69 Å². The topological polar surface area (TPSA) is 53.0 Å². The number of aryl methyl sites for hydroxylation is 1. The molecule has 0 amide bonds. The molecule has 5 heteroatoms. The summed E-state index contributed by atoms with van der Waals surface area (Å²) in [6.07, 6.45) is 0. The predicted octanol–water partition coefficient (Wildman–Crippen LogP) is 0.952. The first-order chi connectivity index (χ1) is 7.16. The third kappa shape index (κ3) is 1.46. The normalized spacial score (nSPS) is 11.1. The summed E-state index contributed by atoms with van der Waals surface area (Å²) >= 11 is 6.07. The Labute approximate surface area is 91.9 Å². The van der Waals surface area contributed by atoms with Gasteiger partial charge in [0.25, 0.3) is 0 Å². The van der Waals surface area contributed by atoms with Crippen LogP contribution in [0.4, 0.5) is 0 Å². The van der Waals surface area contributed by atoms with Crippen molar-refractivity contribution in [1.29, 1.82) is 0 Å². The summed E-state index contributed by atoms with van der Waals surface area (Å²) < 4.78 is 3.19. The van der Waals surface area contributed by atoms with Crippen molar-refractivity contribution in [2.45, 2.75) is 6.54 Å². The van der Waals surface area contributed by atoms with E-state index in [9.17, 15) is 4.79 Å². The molecular formula is C10H12ClN3O. The Hall–Kier alpha value is -1.26. The van der Waals surface area contributed by atoms with E-state index in [1.807, 2.05) is 12.1 Å². The van der Waals surface area contributed by atoms with Gasteiger partial charge in [0.1, 0.15) is 0 Å². The first kappa shape index (κ1) is 10.3. The van der Waals surface area contributed by atoms with Crippen LogP contribution in [0.15, 0.2) is 23.0 Å². The third-order valence-electron chi connectivity index (χ3n) is 2.47. The molecule has 15 heavy (non-hydrogen) atoms. The van der Waals surface area contributed by atoms with Crippen LogP contribution in [0, 0.1) is 0 Å². The minimum atomic E-state index is -0.0800. The summed E-state index contributed by atoms with van der Waals surface area (Å²) in [5, 5.41) is 0.582. The SMILES string of the molecule is Cn1c(=O)n(CCN)c2c(Cl)cccc21. The standard InChI is InChI=1S/C10H12ClN3O/c1-13-8-4-2-3-7(11)9(8)14(6-5-12)10(13)15/h2-4H,5-6,12H2,1H3. The zero-order chi connectivity index (χ0) is 11.0. The Morgan fingerprint density at radius 2 is 2.20 bits per heavy atom. The van der Waals surface area contributed by atoms with Crippen molar-refractivity contribution in [1.82, 2.24) is 9.13 Å². The van der Waals surface area contributed by atoms with E-state index in [-0.39, 0.29) is 5.69 Å². The number of rotatable bonds is 2. The lowest BCUT2D eigenvalue weighted by Crippen LogP contribution is -2.25. The highest BCUT2D eigenvalue weighted by atomic mass is 35.5. The molecule has 0 aliphatic rings. The molecule has 0 saturated carbocycles. The van der Waals surface area contributed by atoms with E-state index in [1.54, 1.807) is 22.2 Å². The maximum atomic E-state index is 11.8. The number of nitrogens with zero attached hydrogens (tertiary/aromatic N) is 2. The zero-order valence-corrected chi connectivity index (χ0v) is 9.16. The molecule has 1 aromatic heterocycles. The largest absolute Gasteiger partial charge is 0.329 e. The van der Waals surface area contributed by atoms with E-state index in [1.165, 1.54) is 0 Å². The molecular weight excluding hydrogens is 214 g/mol. The van der Waals surface area contributed by atoms with Crippen LogP contribution in [0.2, 0.25) is 5.02 Å². The molecule has 0 aliphatic carbocycles. The smallest absolute Gasteiger partial charge is 0.328 e. The molecule has 2 rings (SSSR count). The van der Waals surface area contributed by atoms with E-state index in [0.717, 1.165) is 11.0 Å². The van der Waals surface area contributed by atoms with Crippen molar-refractivity contribution in [3.8, 4) is 0 Å². The number of hydrogen-bond acceptors (Lipinski definition) is 2. The van der Waals surface area contributed by atoms with E-state index < -0.39 is 0 Å². The molecule has 0 atom stereocenters. The highest BCUT2D eigenvalue weighted by Crippen LogP contribution is 2.21. The summed E-state index contributed by atoms with van der Waals surface area (Å²) in [6.45, 7) is 0.907. The van der Waals surface area contributed by atoms with Crippen LogP contribution in [0.5, 0.6) is 0 Å². The fourth-order valence-corrected chi connectivity index (χ4v) is 2.03. The van der Waals surface area contributed by atoms with Gasteiger partial charge in [-0.2, -0.15) is 0 Å². The molecule has 0 unspecified atom stereocenters. The van der Waals surface area contributed by atoms with Crippen molar-refractivity contribution in [3.05, 3.63) is 33.7 Å². The average molecular weight is 226 g/mol. The lowest BCUT2D eigenvalue weighted by Gasteiger charge is -2.01. The Balaban J connectivity index is 2.89. The van der Waals surface area contributed by atoms with Gasteiger partial charge in [-0.25, -0.2) is 4.79 Å². The highest BCUT2D eigenvalue weighted by molar-refractivity contribution is 6.35. The second kappa shape index (κ2) is 3.72. The number of imidazole rings is 1. The second-order valence-corrected chi connectivity index (χ2v) is 3.80. The van der Waals surface area contributed by atoms with Gasteiger partial charge < -0.3 is 5.73 Å². The summed E-state index contributed by atoms with van der Waals surface area (Å²) in [5.41, 5.74) is 6.98. The minimum Gasteiger partial charge on any atom is -0.329 e. The minimum absolute atomic E-state index is 0.0800. The molecule has 0 radical (unpaired) electrons. The van der Waals surface area contributed by atoms with Crippen LogP contribution in [0.1, 0.15) is 0 Å². The van der Waals surface area contributed by atoms with Crippen LogP contribution in [-0.4, -0.2) is 15.7 Å². The quantitative estimate of drug-likeness (QED) is 0.828. The van der Waals surface area contributed by atoms with E-state index in [2.05, 4.69) is 0 Å². The van der Waals surface area contributed by atoms with Crippen molar-refractivity contribution >= 4 is 22.6 Å². The number of fused-ring (bicyclic) bond motifs is 1. The Kier molecular flexibility index (Phi) is 2.54. The van der Waals surface area contributed by atoms with Crippen molar-refractivity contribution < 1.29 is 0 Å². The van der Waals surface area contributed by atoms with Crippen LogP contribution in [0.3, 0.4) is 0 Å². The highest BCUT2D eigenvalue weighted by Gasteiger charge is 2.11. The first-order valence-corrected chi connectivity index (χ1v) is 5.08. The third-order valence-corrected chi connectivity index (χ3v) is 2.77. The van der Waals surface area contributed by atoms with Gasteiger partial charge in [0.2, 0.25) is 0 Å². The molecule has 0 saturated heterocycles. The number of halogens is 1. The van der Waals surface area contributed by atoms with Gasteiger partial charge in [-0.05, 0) is 12.1 Å². The maximum absolute atomic E-state index is 11.8. The van der Waals surface area contributed by atoms with E-state index in [0.29, 0.717) is 18.1 Å². The van der Waals surface area contributed by atoms with Gasteiger partial charge in [-0.15, -0.1) is 0 Å². The van der Waals surface area contributed by atoms with Crippen LogP contribution in [-0.2, 0) is 13.6 Å². The molecule has 0 fully saturated rings. The molecule has 0 bridgehead atoms. The average Bonchev–Trinajstić information content (AvgIpc) is 2.46. The van der Waals surface area contributed by atoms with Gasteiger partial charge in [-0.3, -0.25) is 9.13 Å². The summed E-state index contributed by atoms with van der Waals surface area (Å²) in [6, 6.07) is 5.48. The number of benzene rings is 1. The molecule has 0 spiro atoms. The Morgan fingerprint density at radius 1 is 1.47 bits per heavy atom. The zero-order valence-electron chi connectivity index (χ0n) is 8.40. The van der Waals surface area contributed by atoms with Crippen LogP contribution < -0.4 is 11.4 Å².